The van der Waals surface area contributed by atoms with Crippen LogP contribution in [-0.2, 0) is 14.3 Å². The Balaban J connectivity index is 1.93. The molecule has 0 bridgehead atoms. The van der Waals surface area contributed by atoms with Gasteiger partial charge in [0.05, 0.1) is 13.7 Å². The number of amides is 1. The first-order valence-electron chi connectivity index (χ1n) is 8.69. The lowest BCUT2D eigenvalue weighted by molar-refractivity contribution is -0.148. The fourth-order valence-corrected chi connectivity index (χ4v) is 2.27. The summed E-state index contributed by atoms with van der Waals surface area (Å²) in [5.41, 5.74) is 1.12. The maximum absolute atomic E-state index is 12.9. The Hall–Kier alpha value is -3.35. The molecule has 0 saturated heterocycles. The van der Waals surface area contributed by atoms with Gasteiger partial charge in [-0.2, -0.15) is 0 Å². The molecule has 1 atom stereocenters. The van der Waals surface area contributed by atoms with Crippen molar-refractivity contribution in [3.8, 4) is 11.5 Å². The van der Waals surface area contributed by atoms with E-state index >= 15 is 0 Å². The van der Waals surface area contributed by atoms with Crippen LogP contribution in [0.2, 0.25) is 0 Å². The van der Waals surface area contributed by atoms with Gasteiger partial charge in [-0.3, -0.25) is 4.79 Å². The van der Waals surface area contributed by atoms with Gasteiger partial charge in [-0.05, 0) is 61.9 Å². The number of rotatable bonds is 8. The SMILES string of the molecule is CCOc1ccc(/C=C/C(=O)O[C@@H](C)C(=O)Nc2ccc(F)cc2)cc1OC. The summed E-state index contributed by atoms with van der Waals surface area (Å²) in [6.07, 6.45) is 1.75. The van der Waals surface area contributed by atoms with Crippen LogP contribution in [0.25, 0.3) is 6.08 Å². The van der Waals surface area contributed by atoms with Crippen LogP contribution in [0, 0.1) is 5.82 Å². The number of benzene rings is 2. The highest BCUT2D eigenvalue weighted by Crippen LogP contribution is 2.28. The third-order valence-corrected chi connectivity index (χ3v) is 3.67. The molecule has 0 fully saturated rings. The molecular formula is C21H22FNO5. The van der Waals surface area contributed by atoms with Gasteiger partial charge in [0, 0.05) is 11.8 Å². The number of halogens is 1. The highest BCUT2D eigenvalue weighted by molar-refractivity contribution is 5.96. The zero-order valence-corrected chi connectivity index (χ0v) is 15.9. The van der Waals surface area contributed by atoms with Gasteiger partial charge in [0.2, 0.25) is 0 Å². The van der Waals surface area contributed by atoms with Crippen molar-refractivity contribution in [3.63, 3.8) is 0 Å². The van der Waals surface area contributed by atoms with E-state index in [4.69, 9.17) is 14.2 Å². The molecule has 1 N–H and O–H groups in total. The summed E-state index contributed by atoms with van der Waals surface area (Å²) < 4.78 is 28.7. The van der Waals surface area contributed by atoms with Crippen LogP contribution >= 0.6 is 0 Å². The first-order valence-corrected chi connectivity index (χ1v) is 8.69. The number of ether oxygens (including phenoxy) is 3. The molecule has 0 saturated carbocycles. The van der Waals surface area contributed by atoms with Gasteiger partial charge < -0.3 is 19.5 Å². The quantitative estimate of drug-likeness (QED) is 0.551. The maximum atomic E-state index is 12.9. The normalized spacial score (nSPS) is 11.7. The van der Waals surface area contributed by atoms with Gasteiger partial charge in [-0.1, -0.05) is 6.07 Å². The number of esters is 1. The van der Waals surface area contributed by atoms with Crippen LogP contribution in [0.4, 0.5) is 10.1 Å². The summed E-state index contributed by atoms with van der Waals surface area (Å²) >= 11 is 0. The molecule has 0 aliphatic rings. The molecule has 148 valence electrons. The Labute approximate surface area is 162 Å². The van der Waals surface area contributed by atoms with Gasteiger partial charge in [0.1, 0.15) is 5.82 Å². The molecule has 28 heavy (non-hydrogen) atoms. The van der Waals surface area contributed by atoms with E-state index in [9.17, 15) is 14.0 Å². The number of anilines is 1. The van der Waals surface area contributed by atoms with E-state index in [0.717, 1.165) is 0 Å². The van der Waals surface area contributed by atoms with E-state index in [0.29, 0.717) is 29.4 Å². The number of carbonyl (C=O) groups is 2. The van der Waals surface area contributed by atoms with Crippen LogP contribution in [0.3, 0.4) is 0 Å². The molecule has 1 amide bonds. The topological polar surface area (TPSA) is 73.9 Å². The van der Waals surface area contributed by atoms with Crippen molar-refractivity contribution >= 4 is 23.6 Å². The summed E-state index contributed by atoms with van der Waals surface area (Å²) in [6, 6.07) is 10.5. The zero-order valence-electron chi connectivity index (χ0n) is 15.9. The Morgan fingerprint density at radius 2 is 1.86 bits per heavy atom. The average Bonchev–Trinajstić information content (AvgIpc) is 2.69. The van der Waals surface area contributed by atoms with Crippen LogP contribution < -0.4 is 14.8 Å². The maximum Gasteiger partial charge on any atom is 0.331 e. The molecule has 0 spiro atoms. The number of hydrogen-bond donors (Lipinski definition) is 1. The van der Waals surface area contributed by atoms with Crippen LogP contribution in [0.15, 0.2) is 48.5 Å². The second-order valence-corrected chi connectivity index (χ2v) is 5.75. The minimum absolute atomic E-state index is 0.409. The summed E-state index contributed by atoms with van der Waals surface area (Å²) in [6.45, 7) is 3.83. The van der Waals surface area contributed by atoms with Crippen molar-refractivity contribution in [2.75, 3.05) is 19.0 Å². The van der Waals surface area contributed by atoms with E-state index in [-0.39, 0.29) is 0 Å². The van der Waals surface area contributed by atoms with Gasteiger partial charge in [-0.25, -0.2) is 9.18 Å². The lowest BCUT2D eigenvalue weighted by Crippen LogP contribution is -2.29. The van der Waals surface area contributed by atoms with E-state index in [1.807, 2.05) is 6.92 Å². The molecule has 0 aliphatic carbocycles. The first-order chi connectivity index (χ1) is 13.4. The molecule has 7 heteroatoms. The van der Waals surface area contributed by atoms with E-state index in [1.54, 1.807) is 24.3 Å². The first kappa shape index (κ1) is 21.0. The molecular weight excluding hydrogens is 365 g/mol. The summed E-state index contributed by atoms with van der Waals surface area (Å²) in [4.78, 5) is 24.0. The Kier molecular flexibility index (Phi) is 7.56. The van der Waals surface area contributed by atoms with E-state index in [2.05, 4.69) is 5.32 Å². The second-order valence-electron chi connectivity index (χ2n) is 5.75. The third kappa shape index (κ3) is 6.12. The monoisotopic (exact) mass is 387 g/mol. The Morgan fingerprint density at radius 3 is 2.50 bits per heavy atom. The lowest BCUT2D eigenvalue weighted by atomic mass is 10.2. The summed E-state index contributed by atoms with van der Waals surface area (Å²) in [5, 5.41) is 2.54. The molecule has 0 aromatic heterocycles. The number of nitrogens with one attached hydrogen (secondary N) is 1. The number of hydrogen-bond acceptors (Lipinski definition) is 5. The van der Waals surface area contributed by atoms with Gasteiger partial charge in [-0.15, -0.1) is 0 Å². The molecule has 2 aromatic rings. The van der Waals surface area contributed by atoms with Crippen LogP contribution in [-0.4, -0.2) is 31.7 Å². The fraction of sp³-hybridized carbons (Fsp3) is 0.238. The van der Waals surface area contributed by atoms with Crippen molar-refractivity contribution in [1.29, 1.82) is 0 Å². The molecule has 0 heterocycles. The summed E-state index contributed by atoms with van der Waals surface area (Å²) in [5.74, 6) is -0.445. The molecule has 2 rings (SSSR count). The van der Waals surface area contributed by atoms with E-state index in [1.165, 1.54) is 44.4 Å². The molecule has 0 radical (unpaired) electrons. The van der Waals surface area contributed by atoms with Crippen molar-refractivity contribution in [1.82, 2.24) is 0 Å². The van der Waals surface area contributed by atoms with Gasteiger partial charge >= 0.3 is 5.97 Å². The van der Waals surface area contributed by atoms with Crippen molar-refractivity contribution in [3.05, 3.63) is 59.9 Å². The predicted octanol–water partition coefficient (Wildman–Crippen LogP) is 3.82. The van der Waals surface area contributed by atoms with E-state index < -0.39 is 23.8 Å². The fourth-order valence-electron chi connectivity index (χ4n) is 2.27. The minimum Gasteiger partial charge on any atom is -0.493 e. The van der Waals surface area contributed by atoms with Crippen molar-refractivity contribution in [2.24, 2.45) is 0 Å². The highest BCUT2D eigenvalue weighted by atomic mass is 19.1. The Morgan fingerprint density at radius 1 is 1.14 bits per heavy atom. The third-order valence-electron chi connectivity index (χ3n) is 3.67. The highest BCUT2D eigenvalue weighted by Gasteiger charge is 2.16. The molecule has 2 aromatic carbocycles. The van der Waals surface area contributed by atoms with Crippen molar-refractivity contribution in [2.45, 2.75) is 20.0 Å². The number of carbonyl (C=O) groups excluding carboxylic acids is 2. The van der Waals surface area contributed by atoms with Crippen LogP contribution in [0.5, 0.6) is 11.5 Å². The standard InChI is InChI=1S/C21H22FNO5/c1-4-27-18-11-5-15(13-19(18)26-3)6-12-20(24)28-14(2)21(25)23-17-9-7-16(22)8-10-17/h5-14H,4H2,1-3H3,(H,23,25)/b12-6+/t14-/m0/s1. The largest absolute Gasteiger partial charge is 0.493 e. The number of methoxy groups -OCH3 is 1. The van der Waals surface area contributed by atoms with Gasteiger partial charge in [0.25, 0.3) is 5.91 Å². The van der Waals surface area contributed by atoms with Gasteiger partial charge in [0.15, 0.2) is 17.6 Å². The smallest absolute Gasteiger partial charge is 0.331 e. The predicted molar refractivity (Wildman–Crippen MR) is 104 cm³/mol. The van der Waals surface area contributed by atoms with Crippen LogP contribution in [0.1, 0.15) is 19.4 Å². The Bertz CT molecular complexity index is 848. The summed E-state index contributed by atoms with van der Waals surface area (Å²) in [7, 11) is 1.53. The minimum atomic E-state index is -1.02. The lowest BCUT2D eigenvalue weighted by Gasteiger charge is -2.12. The molecule has 0 aliphatic heterocycles. The second kappa shape index (κ2) is 10.1. The zero-order chi connectivity index (χ0) is 20.5. The van der Waals surface area contributed by atoms with Crippen molar-refractivity contribution < 1.29 is 28.2 Å². The molecule has 0 unspecified atom stereocenters. The molecule has 6 nitrogen and oxygen atoms in total. The average molecular weight is 387 g/mol.